The van der Waals surface area contributed by atoms with E-state index >= 15 is 0 Å². The van der Waals surface area contributed by atoms with E-state index in [1.807, 2.05) is 42.5 Å². The van der Waals surface area contributed by atoms with Gasteiger partial charge >= 0.3 is 0 Å². The van der Waals surface area contributed by atoms with E-state index in [1.54, 1.807) is 36.0 Å². The molecule has 4 heteroatoms. The van der Waals surface area contributed by atoms with Crippen molar-refractivity contribution in [1.29, 1.82) is 0 Å². The molecule has 3 aromatic carbocycles. The molecule has 3 aromatic rings. The van der Waals surface area contributed by atoms with Crippen LogP contribution in [0.3, 0.4) is 0 Å². The van der Waals surface area contributed by atoms with Crippen LogP contribution in [-0.4, -0.2) is 16.7 Å². The van der Waals surface area contributed by atoms with Gasteiger partial charge in [0.05, 0.1) is 17.7 Å². The predicted octanol–water partition coefficient (Wildman–Crippen LogP) is 4.78. The molecule has 0 unspecified atom stereocenters. The lowest BCUT2D eigenvalue weighted by Crippen LogP contribution is -2.29. The van der Waals surface area contributed by atoms with E-state index in [2.05, 4.69) is 12.1 Å². The average molecular weight is 359 g/mol. The van der Waals surface area contributed by atoms with Crippen LogP contribution in [0.25, 0.3) is 0 Å². The lowest BCUT2D eigenvalue weighted by atomic mass is 10.1. The molecule has 0 atom stereocenters. The second-order valence-corrected chi connectivity index (χ2v) is 7.21. The van der Waals surface area contributed by atoms with Crippen molar-refractivity contribution in [2.45, 2.75) is 17.2 Å². The number of nitrogens with zero attached hydrogens (tertiary/aromatic N) is 1. The Labute approximate surface area is 156 Å². The van der Waals surface area contributed by atoms with E-state index in [-0.39, 0.29) is 11.8 Å². The Morgan fingerprint density at radius 2 is 1.23 bits per heavy atom. The third-order valence-corrected chi connectivity index (χ3v) is 5.47. The van der Waals surface area contributed by atoms with Gasteiger partial charge in [-0.1, -0.05) is 54.6 Å². The van der Waals surface area contributed by atoms with Crippen molar-refractivity contribution in [3.63, 3.8) is 0 Å². The molecule has 0 saturated heterocycles. The van der Waals surface area contributed by atoms with Gasteiger partial charge in [0, 0.05) is 10.6 Å². The molecule has 0 aromatic heterocycles. The Morgan fingerprint density at radius 1 is 0.654 bits per heavy atom. The summed E-state index contributed by atoms with van der Waals surface area (Å²) in [4.78, 5) is 27.4. The minimum absolute atomic E-state index is 0.215. The first-order valence-corrected chi connectivity index (χ1v) is 9.42. The zero-order valence-electron chi connectivity index (χ0n) is 14.1. The standard InChI is InChI=1S/C22H17NO2S/c24-21-19-8-4-5-9-20(19)22(25)23(21)14-16-10-12-18(13-11-16)26-15-17-6-2-1-3-7-17/h1-13H,14-15H2. The molecule has 0 radical (unpaired) electrons. The minimum Gasteiger partial charge on any atom is -0.270 e. The van der Waals surface area contributed by atoms with Crippen molar-refractivity contribution in [3.8, 4) is 0 Å². The number of fused-ring (bicyclic) bond motifs is 1. The average Bonchev–Trinajstić information content (AvgIpc) is 2.93. The van der Waals surface area contributed by atoms with Crippen molar-refractivity contribution in [3.05, 3.63) is 101 Å². The summed E-state index contributed by atoms with van der Waals surface area (Å²) in [6.45, 7) is 0.302. The maximum Gasteiger partial charge on any atom is 0.261 e. The van der Waals surface area contributed by atoms with E-state index in [0.29, 0.717) is 17.7 Å². The first kappa shape index (κ1) is 16.6. The molecule has 3 nitrogen and oxygen atoms in total. The monoisotopic (exact) mass is 359 g/mol. The Balaban J connectivity index is 1.42. The molecule has 1 heterocycles. The van der Waals surface area contributed by atoms with Gasteiger partial charge in [-0.15, -0.1) is 11.8 Å². The SMILES string of the molecule is O=C1c2ccccc2C(=O)N1Cc1ccc(SCc2ccccc2)cc1. The van der Waals surface area contributed by atoms with Gasteiger partial charge in [-0.25, -0.2) is 0 Å². The van der Waals surface area contributed by atoms with E-state index < -0.39 is 0 Å². The number of carbonyl (C=O) groups excluding carboxylic acids is 2. The first-order valence-electron chi connectivity index (χ1n) is 8.43. The molecule has 0 fully saturated rings. The van der Waals surface area contributed by atoms with Gasteiger partial charge in [0.15, 0.2) is 0 Å². The number of thioether (sulfide) groups is 1. The Bertz CT molecular complexity index is 916. The zero-order chi connectivity index (χ0) is 17.9. The lowest BCUT2D eigenvalue weighted by Gasteiger charge is -2.14. The third-order valence-electron chi connectivity index (χ3n) is 4.39. The minimum atomic E-state index is -0.215. The van der Waals surface area contributed by atoms with Gasteiger partial charge in [0.25, 0.3) is 11.8 Å². The molecule has 1 aliphatic heterocycles. The fraction of sp³-hybridized carbons (Fsp3) is 0.0909. The first-order chi connectivity index (χ1) is 12.7. The lowest BCUT2D eigenvalue weighted by molar-refractivity contribution is 0.0642. The smallest absolute Gasteiger partial charge is 0.261 e. The molecule has 26 heavy (non-hydrogen) atoms. The molecular weight excluding hydrogens is 342 g/mol. The van der Waals surface area contributed by atoms with Crippen LogP contribution < -0.4 is 0 Å². The topological polar surface area (TPSA) is 37.4 Å². The Kier molecular flexibility index (Phi) is 4.59. The van der Waals surface area contributed by atoms with E-state index in [4.69, 9.17) is 0 Å². The number of rotatable bonds is 5. The molecule has 0 aliphatic carbocycles. The second-order valence-electron chi connectivity index (χ2n) is 6.16. The molecule has 0 saturated carbocycles. The molecule has 1 aliphatic rings. The van der Waals surface area contributed by atoms with Crippen LogP contribution >= 0.6 is 11.8 Å². The van der Waals surface area contributed by atoms with Crippen LogP contribution in [0, 0.1) is 0 Å². The van der Waals surface area contributed by atoms with Gasteiger partial charge in [0.1, 0.15) is 0 Å². The summed E-state index contributed by atoms with van der Waals surface area (Å²) in [5, 5.41) is 0. The molecule has 0 spiro atoms. The molecule has 2 amide bonds. The van der Waals surface area contributed by atoms with Gasteiger partial charge in [-0.05, 0) is 35.4 Å². The maximum atomic E-state index is 12.4. The second kappa shape index (κ2) is 7.18. The highest BCUT2D eigenvalue weighted by molar-refractivity contribution is 7.98. The predicted molar refractivity (Wildman–Crippen MR) is 103 cm³/mol. The van der Waals surface area contributed by atoms with Crippen LogP contribution in [-0.2, 0) is 12.3 Å². The maximum absolute atomic E-state index is 12.4. The van der Waals surface area contributed by atoms with Crippen LogP contribution in [0.15, 0.2) is 83.8 Å². The van der Waals surface area contributed by atoms with Crippen molar-refractivity contribution in [1.82, 2.24) is 4.90 Å². The summed E-state index contributed by atoms with van der Waals surface area (Å²) in [5.74, 6) is 0.486. The van der Waals surface area contributed by atoms with Crippen molar-refractivity contribution >= 4 is 23.6 Å². The Morgan fingerprint density at radius 3 is 1.85 bits per heavy atom. The van der Waals surface area contributed by atoms with Gasteiger partial charge in [-0.2, -0.15) is 0 Å². The third kappa shape index (κ3) is 3.28. The number of hydrogen-bond acceptors (Lipinski definition) is 3. The molecule has 4 rings (SSSR count). The van der Waals surface area contributed by atoms with Crippen LogP contribution in [0.1, 0.15) is 31.8 Å². The summed E-state index contributed by atoms with van der Waals surface area (Å²) in [7, 11) is 0. The van der Waals surface area contributed by atoms with Crippen molar-refractivity contribution < 1.29 is 9.59 Å². The summed E-state index contributed by atoms with van der Waals surface area (Å²) in [5.41, 5.74) is 3.22. The number of hydrogen-bond donors (Lipinski definition) is 0. The number of amides is 2. The number of benzene rings is 3. The highest BCUT2D eigenvalue weighted by Gasteiger charge is 2.34. The summed E-state index contributed by atoms with van der Waals surface area (Å²) in [6.07, 6.45) is 0. The largest absolute Gasteiger partial charge is 0.270 e. The quantitative estimate of drug-likeness (QED) is 0.486. The Hall–Kier alpha value is -2.85. The number of carbonyl (C=O) groups is 2. The fourth-order valence-corrected chi connectivity index (χ4v) is 3.85. The van der Waals surface area contributed by atoms with Crippen LogP contribution in [0.2, 0.25) is 0 Å². The summed E-state index contributed by atoms with van der Waals surface area (Å²) < 4.78 is 0. The zero-order valence-corrected chi connectivity index (χ0v) is 14.9. The summed E-state index contributed by atoms with van der Waals surface area (Å²) >= 11 is 1.77. The normalized spacial score (nSPS) is 13.2. The van der Waals surface area contributed by atoms with Gasteiger partial charge < -0.3 is 0 Å². The van der Waals surface area contributed by atoms with Crippen molar-refractivity contribution in [2.75, 3.05) is 0 Å². The molecule has 0 bridgehead atoms. The fourth-order valence-electron chi connectivity index (χ4n) is 3.00. The van der Waals surface area contributed by atoms with Crippen molar-refractivity contribution in [2.24, 2.45) is 0 Å². The summed E-state index contributed by atoms with van der Waals surface area (Å²) in [6, 6.07) is 25.4. The van der Waals surface area contributed by atoms with Crippen LogP contribution in [0.5, 0.6) is 0 Å². The highest BCUT2D eigenvalue weighted by atomic mass is 32.2. The van der Waals surface area contributed by atoms with E-state index in [0.717, 1.165) is 11.3 Å². The van der Waals surface area contributed by atoms with Gasteiger partial charge in [-0.3, -0.25) is 14.5 Å². The number of imide groups is 1. The highest BCUT2D eigenvalue weighted by Crippen LogP contribution is 2.26. The molecule has 128 valence electrons. The van der Waals surface area contributed by atoms with Crippen LogP contribution in [0.4, 0.5) is 0 Å². The van der Waals surface area contributed by atoms with Gasteiger partial charge in [0.2, 0.25) is 0 Å². The molecule has 0 N–H and O–H groups in total. The van der Waals surface area contributed by atoms with E-state index in [1.165, 1.54) is 15.4 Å². The molecular formula is C22H17NO2S. The van der Waals surface area contributed by atoms with E-state index in [9.17, 15) is 9.59 Å².